The Bertz CT molecular complexity index is 880. The van der Waals surface area contributed by atoms with Gasteiger partial charge in [0.2, 0.25) is 0 Å². The lowest BCUT2D eigenvalue weighted by atomic mass is 10.2. The van der Waals surface area contributed by atoms with Gasteiger partial charge >= 0.3 is 21.4 Å². The molecule has 1 aromatic heterocycles. The second-order valence-electron chi connectivity index (χ2n) is 5.83. The van der Waals surface area contributed by atoms with Gasteiger partial charge in [-0.25, -0.2) is 17.6 Å². The summed E-state index contributed by atoms with van der Waals surface area (Å²) >= 11 is 0. The summed E-state index contributed by atoms with van der Waals surface area (Å²) in [5.74, 6) is 0.519. The summed E-state index contributed by atoms with van der Waals surface area (Å²) in [5.41, 5.74) is -4.90. The van der Waals surface area contributed by atoms with Crippen LogP contribution in [-0.2, 0) is 30.2 Å². The Labute approximate surface area is 155 Å². The van der Waals surface area contributed by atoms with E-state index >= 15 is 0 Å². The fourth-order valence-electron chi connectivity index (χ4n) is 2.58. The first-order valence-electron chi connectivity index (χ1n) is 7.99. The van der Waals surface area contributed by atoms with Crippen molar-refractivity contribution in [1.82, 2.24) is 8.87 Å². The number of imidazole rings is 1. The van der Waals surface area contributed by atoms with Gasteiger partial charge in [0.15, 0.2) is 6.21 Å². The number of sulfonamides is 1. The number of rotatable bonds is 8. The Morgan fingerprint density at radius 3 is 2.56 bits per heavy atom. The van der Waals surface area contributed by atoms with Gasteiger partial charge in [0.25, 0.3) is 0 Å². The molecule has 0 fully saturated rings. The van der Waals surface area contributed by atoms with E-state index < -0.39 is 15.5 Å². The highest BCUT2D eigenvalue weighted by Crippen LogP contribution is 2.28. The third-order valence-corrected chi connectivity index (χ3v) is 5.52. The quantitative estimate of drug-likeness (QED) is 0.315. The molecule has 0 bridgehead atoms. The first-order chi connectivity index (χ1) is 12.7. The Hall–Kier alpha value is -2.40. The molecule has 0 spiro atoms. The van der Waals surface area contributed by atoms with E-state index in [1.165, 1.54) is 6.21 Å². The van der Waals surface area contributed by atoms with Gasteiger partial charge in [0, 0.05) is 13.1 Å². The third kappa shape index (κ3) is 5.07. The maximum absolute atomic E-state index is 13.0. The fraction of sp³-hybridized carbons (Fsp3) is 0.375. The molecular weight excluding hydrogens is 385 g/mol. The topological polar surface area (TPSA) is 78.8 Å². The average molecular weight is 405 g/mol. The van der Waals surface area contributed by atoms with Crippen molar-refractivity contribution in [2.75, 3.05) is 6.54 Å². The lowest BCUT2D eigenvalue weighted by molar-refractivity contribution is -0.671. The molecular formula is C16H20F3N4O3S+. The summed E-state index contributed by atoms with van der Waals surface area (Å²) in [4.78, 5) is 0. The Morgan fingerprint density at radius 1 is 1.30 bits per heavy atom. The van der Waals surface area contributed by atoms with Gasteiger partial charge < -0.3 is 5.21 Å². The first kappa shape index (κ1) is 20.9. The fourth-order valence-corrected chi connectivity index (χ4v) is 3.56. The number of oxime groups is 1. The van der Waals surface area contributed by atoms with Crippen molar-refractivity contribution in [2.24, 2.45) is 12.2 Å². The SMILES string of the molecule is C[n+]1ccn(CCCN(Cc2ccccc2)S(=O)(=O)C(F)(F)F)c1/C=N/O. The molecule has 0 saturated heterocycles. The van der Waals surface area contributed by atoms with Gasteiger partial charge in [0.05, 0.1) is 13.6 Å². The molecule has 2 rings (SSSR count). The minimum absolute atomic E-state index is 0.142. The second-order valence-corrected chi connectivity index (χ2v) is 7.76. The molecule has 0 radical (unpaired) electrons. The van der Waals surface area contributed by atoms with E-state index in [2.05, 4.69) is 5.16 Å². The molecule has 0 aliphatic heterocycles. The van der Waals surface area contributed by atoms with Gasteiger partial charge in [-0.15, -0.1) is 0 Å². The molecule has 0 aliphatic carbocycles. The van der Waals surface area contributed by atoms with Crippen LogP contribution in [0.2, 0.25) is 0 Å². The monoisotopic (exact) mass is 405 g/mol. The molecule has 11 heteroatoms. The molecule has 148 valence electrons. The van der Waals surface area contributed by atoms with Crippen LogP contribution in [0.4, 0.5) is 13.2 Å². The summed E-state index contributed by atoms with van der Waals surface area (Å²) in [7, 11) is -3.74. The van der Waals surface area contributed by atoms with Crippen LogP contribution >= 0.6 is 0 Å². The normalized spacial score (nSPS) is 12.9. The highest BCUT2D eigenvalue weighted by Gasteiger charge is 2.49. The lowest BCUT2D eigenvalue weighted by Gasteiger charge is -2.23. The van der Waals surface area contributed by atoms with E-state index in [-0.39, 0.29) is 26.1 Å². The summed E-state index contributed by atoms with van der Waals surface area (Å²) < 4.78 is 66.6. The molecule has 1 aromatic carbocycles. The second kappa shape index (κ2) is 8.53. The maximum atomic E-state index is 13.0. The van der Waals surface area contributed by atoms with Crippen LogP contribution in [0.15, 0.2) is 47.9 Å². The number of alkyl halides is 3. The largest absolute Gasteiger partial charge is 0.511 e. The number of hydrogen-bond donors (Lipinski definition) is 1. The van der Waals surface area contributed by atoms with Gasteiger partial charge in [0.1, 0.15) is 12.4 Å². The molecule has 0 unspecified atom stereocenters. The Morgan fingerprint density at radius 2 is 1.96 bits per heavy atom. The Kier molecular flexibility index (Phi) is 6.60. The summed E-state index contributed by atoms with van der Waals surface area (Å²) in [6, 6.07) is 8.10. The number of aromatic nitrogens is 2. The van der Waals surface area contributed by atoms with E-state index in [0.717, 1.165) is 0 Å². The van der Waals surface area contributed by atoms with Crippen LogP contribution in [0.5, 0.6) is 0 Å². The summed E-state index contributed by atoms with van der Waals surface area (Å²) in [5, 5.41) is 11.6. The highest BCUT2D eigenvalue weighted by molar-refractivity contribution is 7.89. The van der Waals surface area contributed by atoms with Crippen LogP contribution in [0.3, 0.4) is 0 Å². The molecule has 2 aromatic rings. The van der Waals surface area contributed by atoms with Crippen LogP contribution in [0, 0.1) is 0 Å². The van der Waals surface area contributed by atoms with Crippen molar-refractivity contribution >= 4 is 16.2 Å². The van der Waals surface area contributed by atoms with Crippen LogP contribution in [0.1, 0.15) is 17.8 Å². The molecule has 0 aliphatic rings. The number of hydrogen-bond acceptors (Lipinski definition) is 4. The lowest BCUT2D eigenvalue weighted by Crippen LogP contribution is -2.41. The van der Waals surface area contributed by atoms with E-state index in [4.69, 9.17) is 5.21 Å². The van der Waals surface area contributed by atoms with Gasteiger partial charge in [-0.3, -0.25) is 0 Å². The van der Waals surface area contributed by atoms with E-state index in [1.54, 1.807) is 58.9 Å². The van der Waals surface area contributed by atoms with Gasteiger partial charge in [-0.1, -0.05) is 35.5 Å². The van der Waals surface area contributed by atoms with Gasteiger partial charge in [-0.2, -0.15) is 17.5 Å². The molecule has 27 heavy (non-hydrogen) atoms. The number of nitrogens with zero attached hydrogens (tertiary/aromatic N) is 4. The van der Waals surface area contributed by atoms with Crippen LogP contribution in [0.25, 0.3) is 0 Å². The molecule has 0 atom stereocenters. The van der Waals surface area contributed by atoms with Gasteiger partial charge in [-0.05, 0) is 12.0 Å². The van der Waals surface area contributed by atoms with Crippen LogP contribution < -0.4 is 4.57 Å². The van der Waals surface area contributed by atoms with E-state index in [1.807, 2.05) is 0 Å². The van der Waals surface area contributed by atoms with Crippen LogP contribution in [-0.4, -0.2) is 40.8 Å². The number of aryl methyl sites for hydroxylation is 2. The minimum Gasteiger partial charge on any atom is -0.411 e. The van der Waals surface area contributed by atoms with Crippen molar-refractivity contribution in [1.29, 1.82) is 0 Å². The number of halogens is 3. The highest BCUT2D eigenvalue weighted by atomic mass is 32.2. The van der Waals surface area contributed by atoms with Crippen molar-refractivity contribution < 1.29 is 31.4 Å². The van der Waals surface area contributed by atoms with Crippen molar-refractivity contribution in [3.63, 3.8) is 0 Å². The first-order valence-corrected chi connectivity index (χ1v) is 9.43. The number of benzene rings is 1. The maximum Gasteiger partial charge on any atom is 0.511 e. The van der Waals surface area contributed by atoms with Crippen molar-refractivity contribution in [3.05, 3.63) is 54.1 Å². The smallest absolute Gasteiger partial charge is 0.411 e. The van der Waals surface area contributed by atoms with Crippen molar-refractivity contribution in [2.45, 2.75) is 25.0 Å². The zero-order valence-corrected chi connectivity index (χ0v) is 15.4. The zero-order valence-electron chi connectivity index (χ0n) is 14.5. The molecule has 1 heterocycles. The predicted octanol–water partition coefficient (Wildman–Crippen LogP) is 1.86. The Balaban J connectivity index is 2.15. The molecule has 0 saturated carbocycles. The molecule has 7 nitrogen and oxygen atoms in total. The third-order valence-electron chi connectivity index (χ3n) is 3.94. The molecule has 1 N–H and O–H groups in total. The standard InChI is InChI=1S/C16H19F3N4O3S/c1-21-10-11-22(15(21)12-20-24)8-5-9-23(27(25,26)16(17,18)19)13-14-6-3-2-4-7-14/h2-4,6-7,10-12H,5,8-9,13H2,1H3/p+1. The van der Waals surface area contributed by atoms with E-state index in [9.17, 15) is 21.6 Å². The van der Waals surface area contributed by atoms with Crippen molar-refractivity contribution in [3.8, 4) is 0 Å². The minimum atomic E-state index is -5.45. The average Bonchev–Trinajstić information content (AvgIpc) is 2.94. The molecule has 0 amide bonds. The predicted molar refractivity (Wildman–Crippen MR) is 91.4 cm³/mol. The van der Waals surface area contributed by atoms with E-state index in [0.29, 0.717) is 15.7 Å². The zero-order chi connectivity index (χ0) is 20.1. The summed E-state index contributed by atoms with van der Waals surface area (Å²) in [6.45, 7) is -0.428. The summed E-state index contributed by atoms with van der Waals surface area (Å²) in [6.07, 6.45) is 4.68.